The van der Waals surface area contributed by atoms with E-state index in [1.165, 1.54) is 25.3 Å². The van der Waals surface area contributed by atoms with Crippen molar-refractivity contribution in [3.63, 3.8) is 0 Å². The maximum Gasteiger partial charge on any atom is 0.338 e. The molecule has 0 aliphatic heterocycles. The van der Waals surface area contributed by atoms with Gasteiger partial charge in [-0.3, -0.25) is 0 Å². The minimum Gasteiger partial charge on any atom is -0.465 e. The topological polar surface area (TPSA) is 47.7 Å². The zero-order valence-electron chi connectivity index (χ0n) is 8.19. The first-order chi connectivity index (χ1) is 7.22. The molecule has 0 spiro atoms. The van der Waals surface area contributed by atoms with E-state index in [0.717, 1.165) is 0 Å². The lowest BCUT2D eigenvalue weighted by atomic mass is 10.0. The average molecular weight is 203 g/mol. The molecule has 4 heteroatoms. The number of nitrogens with zero attached hydrogens (tertiary/aromatic N) is 1. The highest BCUT2D eigenvalue weighted by molar-refractivity contribution is 5.92. The van der Waals surface area contributed by atoms with Gasteiger partial charge in [0, 0.05) is 6.42 Å². The molecule has 76 valence electrons. The summed E-state index contributed by atoms with van der Waals surface area (Å²) < 4.78 is 4.56. The predicted octanol–water partition coefficient (Wildman–Crippen LogP) is 1.77. The second kappa shape index (κ2) is 4.91. The molecule has 1 rings (SSSR count). The van der Waals surface area contributed by atoms with Gasteiger partial charge in [0.2, 0.25) is 0 Å². The van der Waals surface area contributed by atoms with Gasteiger partial charge in [-0.15, -0.1) is 0 Å². The summed E-state index contributed by atoms with van der Waals surface area (Å²) in [6, 6.07) is 4.54. The van der Waals surface area contributed by atoms with Gasteiger partial charge in [-0.05, 0) is 5.56 Å². The van der Waals surface area contributed by atoms with Crippen molar-refractivity contribution in [3.8, 4) is 0 Å². The van der Waals surface area contributed by atoms with Gasteiger partial charge in [0.25, 0.3) is 0 Å². The lowest BCUT2D eigenvalue weighted by Gasteiger charge is -2.05. The quantitative estimate of drug-likeness (QED) is 0.427. The number of hydrogen-bond acceptors (Lipinski definition) is 3. The number of benzene rings is 1. The number of rotatable bonds is 3. The number of esters is 1. The van der Waals surface area contributed by atoms with Crippen LogP contribution in [0.25, 0.3) is 4.85 Å². The van der Waals surface area contributed by atoms with Gasteiger partial charge in [0.15, 0.2) is 5.69 Å². The third-order valence-corrected chi connectivity index (χ3v) is 1.93. The van der Waals surface area contributed by atoms with Crippen LogP contribution in [-0.4, -0.2) is 19.4 Å². The number of carbonyl (C=O) groups excluding carboxylic acids is 2. The Kier molecular flexibility index (Phi) is 3.58. The van der Waals surface area contributed by atoms with Crippen molar-refractivity contribution in [3.05, 3.63) is 40.7 Å². The van der Waals surface area contributed by atoms with Crippen LogP contribution >= 0.6 is 0 Å². The summed E-state index contributed by atoms with van der Waals surface area (Å²) in [4.78, 5) is 24.9. The van der Waals surface area contributed by atoms with Crippen LogP contribution in [0.4, 0.5) is 5.69 Å². The van der Waals surface area contributed by atoms with E-state index in [2.05, 4.69) is 9.58 Å². The van der Waals surface area contributed by atoms with E-state index in [1.807, 2.05) is 0 Å². The zero-order valence-corrected chi connectivity index (χ0v) is 8.19. The van der Waals surface area contributed by atoms with Gasteiger partial charge in [-0.1, -0.05) is 18.2 Å². The molecule has 1 aromatic rings. The molecular formula is C11H9NO3. The van der Waals surface area contributed by atoms with E-state index in [0.29, 0.717) is 23.1 Å². The molecule has 0 atom stereocenters. The molecule has 1 aromatic carbocycles. The van der Waals surface area contributed by atoms with Crippen LogP contribution in [0, 0.1) is 6.57 Å². The zero-order chi connectivity index (χ0) is 11.3. The van der Waals surface area contributed by atoms with Crippen LogP contribution in [0.5, 0.6) is 0 Å². The molecule has 15 heavy (non-hydrogen) atoms. The van der Waals surface area contributed by atoms with Crippen LogP contribution < -0.4 is 0 Å². The minimum atomic E-state index is -0.497. The molecule has 0 aliphatic rings. The van der Waals surface area contributed by atoms with Crippen LogP contribution in [0.3, 0.4) is 0 Å². The number of ether oxygens (including phenoxy) is 1. The smallest absolute Gasteiger partial charge is 0.338 e. The lowest BCUT2D eigenvalue weighted by molar-refractivity contribution is -0.107. The Morgan fingerprint density at radius 2 is 2.33 bits per heavy atom. The van der Waals surface area contributed by atoms with Gasteiger partial charge in [-0.2, -0.15) is 0 Å². The van der Waals surface area contributed by atoms with Crippen LogP contribution in [0.15, 0.2) is 18.2 Å². The first-order valence-corrected chi connectivity index (χ1v) is 4.25. The molecule has 0 unspecified atom stereocenters. The summed E-state index contributed by atoms with van der Waals surface area (Å²) in [6.45, 7) is 6.82. The largest absolute Gasteiger partial charge is 0.465 e. The van der Waals surface area contributed by atoms with Crippen molar-refractivity contribution in [1.82, 2.24) is 0 Å². The third kappa shape index (κ3) is 2.41. The maximum absolute atomic E-state index is 11.3. The molecule has 0 N–H and O–H groups in total. The van der Waals surface area contributed by atoms with Crippen molar-refractivity contribution in [1.29, 1.82) is 0 Å². The highest BCUT2D eigenvalue weighted by Crippen LogP contribution is 2.19. The van der Waals surface area contributed by atoms with E-state index >= 15 is 0 Å². The average Bonchev–Trinajstić information content (AvgIpc) is 2.28. The Balaban J connectivity index is 3.21. The van der Waals surface area contributed by atoms with Crippen LogP contribution in [-0.2, 0) is 16.0 Å². The van der Waals surface area contributed by atoms with E-state index in [4.69, 9.17) is 6.57 Å². The van der Waals surface area contributed by atoms with Crippen molar-refractivity contribution >= 4 is 17.9 Å². The molecule has 0 saturated carbocycles. The van der Waals surface area contributed by atoms with Gasteiger partial charge in [0.05, 0.1) is 19.2 Å². The maximum atomic E-state index is 11.3. The molecule has 0 amide bonds. The second-order valence-electron chi connectivity index (χ2n) is 2.82. The number of aldehydes is 1. The van der Waals surface area contributed by atoms with Crippen molar-refractivity contribution in [2.24, 2.45) is 0 Å². The number of carbonyl (C=O) groups is 2. The highest BCUT2D eigenvalue weighted by atomic mass is 16.5. The van der Waals surface area contributed by atoms with Crippen molar-refractivity contribution < 1.29 is 14.3 Å². The van der Waals surface area contributed by atoms with Crippen LogP contribution in [0.2, 0.25) is 0 Å². The first kappa shape index (κ1) is 10.9. The Morgan fingerprint density at radius 3 is 2.87 bits per heavy atom. The van der Waals surface area contributed by atoms with E-state index in [1.54, 1.807) is 0 Å². The van der Waals surface area contributed by atoms with Gasteiger partial charge in [-0.25, -0.2) is 9.64 Å². The molecule has 0 fully saturated rings. The van der Waals surface area contributed by atoms with Gasteiger partial charge < -0.3 is 9.53 Å². The fraction of sp³-hybridized carbons (Fsp3) is 0.182. The SMILES string of the molecule is [C-]#[N+]c1ccc(C(=O)OC)c(CC=O)c1. The molecule has 0 saturated heterocycles. The normalized spacial score (nSPS) is 9.07. The minimum absolute atomic E-state index is 0.105. The monoisotopic (exact) mass is 203 g/mol. The Morgan fingerprint density at radius 1 is 1.60 bits per heavy atom. The van der Waals surface area contributed by atoms with Gasteiger partial charge in [0.1, 0.15) is 6.29 Å². The van der Waals surface area contributed by atoms with Crippen molar-refractivity contribution in [2.75, 3.05) is 7.11 Å². The molecule has 0 aromatic heterocycles. The first-order valence-electron chi connectivity index (χ1n) is 4.25. The van der Waals surface area contributed by atoms with Crippen molar-refractivity contribution in [2.45, 2.75) is 6.42 Å². The summed E-state index contributed by atoms with van der Waals surface area (Å²) in [7, 11) is 1.27. The molecular weight excluding hydrogens is 194 g/mol. The van der Waals surface area contributed by atoms with Crippen LogP contribution in [0.1, 0.15) is 15.9 Å². The number of methoxy groups -OCH3 is 1. The molecule has 0 radical (unpaired) electrons. The van der Waals surface area contributed by atoms with Gasteiger partial charge >= 0.3 is 5.97 Å². The summed E-state index contributed by atoms with van der Waals surface area (Å²) in [6.07, 6.45) is 0.795. The Labute approximate surface area is 87.3 Å². The summed E-state index contributed by atoms with van der Waals surface area (Å²) >= 11 is 0. The lowest BCUT2D eigenvalue weighted by Crippen LogP contribution is -2.05. The number of hydrogen-bond donors (Lipinski definition) is 0. The molecule has 4 nitrogen and oxygen atoms in total. The summed E-state index contributed by atoms with van der Waals surface area (Å²) in [5, 5.41) is 0. The predicted molar refractivity (Wildman–Crippen MR) is 53.8 cm³/mol. The molecule has 0 heterocycles. The highest BCUT2D eigenvalue weighted by Gasteiger charge is 2.11. The third-order valence-electron chi connectivity index (χ3n) is 1.93. The molecule has 0 aliphatic carbocycles. The fourth-order valence-corrected chi connectivity index (χ4v) is 1.22. The Bertz CT molecular complexity index is 432. The van der Waals surface area contributed by atoms with E-state index in [9.17, 15) is 9.59 Å². The molecule has 0 bridgehead atoms. The van der Waals surface area contributed by atoms with E-state index in [-0.39, 0.29) is 6.42 Å². The Hall–Kier alpha value is -2.15. The summed E-state index contributed by atoms with van der Waals surface area (Å²) in [5.74, 6) is -0.497. The van der Waals surface area contributed by atoms with E-state index < -0.39 is 5.97 Å². The second-order valence-corrected chi connectivity index (χ2v) is 2.82. The standard InChI is InChI=1S/C11H9NO3/c1-12-9-3-4-10(11(14)15-2)8(7-9)5-6-13/h3-4,6-7H,5H2,2H3. The summed E-state index contributed by atoms with van der Waals surface area (Å²) in [5.41, 5.74) is 1.25. The fourth-order valence-electron chi connectivity index (χ4n) is 1.22.